The van der Waals surface area contributed by atoms with Crippen LogP contribution >= 0.6 is 0 Å². The zero-order chi connectivity index (χ0) is 12.6. The van der Waals surface area contributed by atoms with E-state index in [2.05, 4.69) is 11.0 Å². The fraction of sp³-hybridized carbons (Fsp3) is 0.500. The average Bonchev–Trinajstić information content (AvgIpc) is 2.79. The first-order valence-corrected chi connectivity index (χ1v) is 6.29. The summed E-state index contributed by atoms with van der Waals surface area (Å²) in [4.78, 5) is 2.18. The first kappa shape index (κ1) is 11.6. The van der Waals surface area contributed by atoms with Crippen LogP contribution in [0.3, 0.4) is 0 Å². The highest BCUT2D eigenvalue weighted by Crippen LogP contribution is 2.41. The van der Waals surface area contributed by atoms with Gasteiger partial charge in [0.05, 0.1) is 19.3 Å². The minimum absolute atomic E-state index is 0.218. The average molecular weight is 246 g/mol. The van der Waals surface area contributed by atoms with Crippen molar-refractivity contribution in [2.45, 2.75) is 18.4 Å². The third-order valence-corrected chi connectivity index (χ3v) is 4.00. The van der Waals surface area contributed by atoms with Crippen LogP contribution in [-0.2, 0) is 16.7 Å². The van der Waals surface area contributed by atoms with Crippen molar-refractivity contribution in [2.24, 2.45) is 0 Å². The lowest BCUT2D eigenvalue weighted by molar-refractivity contribution is -0.00460. The maximum Gasteiger partial charge on any atom is 0.135 e. The Morgan fingerprint density at radius 3 is 2.83 bits per heavy atom. The second-order valence-corrected chi connectivity index (χ2v) is 4.87. The van der Waals surface area contributed by atoms with Gasteiger partial charge in [0.15, 0.2) is 0 Å². The van der Waals surface area contributed by atoms with Crippen molar-refractivity contribution in [3.63, 3.8) is 0 Å². The Labute approximate surface area is 106 Å². The van der Waals surface area contributed by atoms with E-state index in [-0.39, 0.29) is 5.82 Å². The van der Waals surface area contributed by atoms with Gasteiger partial charge in [0.1, 0.15) is 11.4 Å². The molecule has 0 spiro atoms. The van der Waals surface area contributed by atoms with Gasteiger partial charge in [0.2, 0.25) is 0 Å². The first-order chi connectivity index (χ1) is 8.76. The Hall–Kier alpha value is -1.44. The molecule has 94 valence electrons. The van der Waals surface area contributed by atoms with Gasteiger partial charge in [0.25, 0.3) is 0 Å². The molecule has 4 heteroatoms. The van der Waals surface area contributed by atoms with Crippen LogP contribution in [0, 0.1) is 17.1 Å². The third-order valence-electron chi connectivity index (χ3n) is 4.00. The van der Waals surface area contributed by atoms with Gasteiger partial charge in [-0.2, -0.15) is 5.26 Å². The zero-order valence-corrected chi connectivity index (χ0v) is 10.2. The number of morpholine rings is 1. The van der Waals surface area contributed by atoms with Crippen LogP contribution in [0.5, 0.6) is 0 Å². The van der Waals surface area contributed by atoms with E-state index in [0.717, 1.165) is 37.1 Å². The highest BCUT2D eigenvalue weighted by atomic mass is 19.1. The molecule has 0 aromatic heterocycles. The van der Waals surface area contributed by atoms with E-state index in [0.29, 0.717) is 13.2 Å². The van der Waals surface area contributed by atoms with Crippen molar-refractivity contribution in [3.8, 4) is 6.07 Å². The molecule has 1 aromatic rings. The highest BCUT2D eigenvalue weighted by Gasteiger charge is 2.44. The van der Waals surface area contributed by atoms with E-state index in [1.165, 1.54) is 6.07 Å². The van der Waals surface area contributed by atoms with E-state index in [9.17, 15) is 9.65 Å². The molecule has 1 aliphatic heterocycles. The minimum Gasteiger partial charge on any atom is -0.379 e. The third kappa shape index (κ3) is 1.63. The van der Waals surface area contributed by atoms with Gasteiger partial charge in [-0.1, -0.05) is 6.07 Å². The van der Waals surface area contributed by atoms with Crippen molar-refractivity contribution >= 4 is 0 Å². The number of halogens is 1. The molecule has 0 N–H and O–H groups in total. The summed E-state index contributed by atoms with van der Waals surface area (Å²) in [5, 5.41) is 9.66. The summed E-state index contributed by atoms with van der Waals surface area (Å²) in [6.45, 7) is 2.87. The summed E-state index contributed by atoms with van der Waals surface area (Å²) < 4.78 is 18.6. The second kappa shape index (κ2) is 4.34. The van der Waals surface area contributed by atoms with Gasteiger partial charge in [-0.25, -0.2) is 4.39 Å². The lowest BCUT2D eigenvalue weighted by Gasteiger charge is -2.39. The summed E-state index contributed by atoms with van der Waals surface area (Å²) >= 11 is 0. The molecule has 0 radical (unpaired) electrons. The van der Waals surface area contributed by atoms with Crippen molar-refractivity contribution in [1.82, 2.24) is 4.90 Å². The predicted molar refractivity (Wildman–Crippen MR) is 64.4 cm³/mol. The molecule has 1 aromatic carbocycles. The second-order valence-electron chi connectivity index (χ2n) is 4.87. The number of aryl methyl sites for hydroxylation is 1. The van der Waals surface area contributed by atoms with Gasteiger partial charge in [-0.15, -0.1) is 0 Å². The molecule has 1 saturated heterocycles. The van der Waals surface area contributed by atoms with Gasteiger partial charge in [-0.05, 0) is 36.1 Å². The Bertz CT molecular complexity index is 505. The first-order valence-electron chi connectivity index (χ1n) is 6.29. The molecule has 2 aliphatic rings. The Kier molecular flexibility index (Phi) is 2.81. The number of fused-ring (bicyclic) bond motifs is 1. The summed E-state index contributed by atoms with van der Waals surface area (Å²) in [5.41, 5.74) is 1.38. The fourth-order valence-corrected chi connectivity index (χ4v) is 3.08. The molecule has 3 rings (SSSR count). The number of hydrogen-bond donors (Lipinski definition) is 0. The van der Waals surface area contributed by atoms with Crippen molar-refractivity contribution in [3.05, 3.63) is 35.1 Å². The SMILES string of the molecule is N#CC1(N2CCOCC2)CCc2cc(F)ccc21. The van der Waals surface area contributed by atoms with Crippen LogP contribution < -0.4 is 0 Å². The number of nitriles is 1. The quantitative estimate of drug-likeness (QED) is 0.758. The van der Waals surface area contributed by atoms with Gasteiger partial charge < -0.3 is 4.74 Å². The normalized spacial score (nSPS) is 27.8. The van der Waals surface area contributed by atoms with Crippen LogP contribution in [-0.4, -0.2) is 31.2 Å². The lowest BCUT2D eigenvalue weighted by atomic mass is 9.91. The Morgan fingerprint density at radius 1 is 1.33 bits per heavy atom. The van der Waals surface area contributed by atoms with E-state index < -0.39 is 5.54 Å². The molecule has 18 heavy (non-hydrogen) atoms. The lowest BCUT2D eigenvalue weighted by Crippen LogP contribution is -2.49. The van der Waals surface area contributed by atoms with Crippen LogP contribution in [0.1, 0.15) is 17.5 Å². The maximum absolute atomic E-state index is 13.2. The molecule has 1 unspecified atom stereocenters. The molecule has 0 bridgehead atoms. The Balaban J connectivity index is 2.02. The molecular formula is C14H15FN2O. The summed E-state index contributed by atoms with van der Waals surface area (Å²) in [5.74, 6) is -0.218. The Morgan fingerprint density at radius 2 is 2.11 bits per heavy atom. The largest absolute Gasteiger partial charge is 0.379 e. The standard InChI is InChI=1S/C14H15FN2O/c15-12-1-2-13-11(9-12)3-4-14(13,10-16)17-5-7-18-8-6-17/h1-2,9H,3-8H2. The summed E-state index contributed by atoms with van der Waals surface area (Å²) in [6.07, 6.45) is 1.53. The van der Waals surface area contributed by atoms with Gasteiger partial charge in [0, 0.05) is 13.1 Å². The maximum atomic E-state index is 13.2. The predicted octanol–water partition coefficient (Wildman–Crippen LogP) is 1.82. The fourth-order valence-electron chi connectivity index (χ4n) is 3.08. The zero-order valence-electron chi connectivity index (χ0n) is 10.2. The number of ether oxygens (including phenoxy) is 1. The van der Waals surface area contributed by atoms with Crippen molar-refractivity contribution in [1.29, 1.82) is 5.26 Å². The molecule has 0 saturated carbocycles. The van der Waals surface area contributed by atoms with Crippen LogP contribution in [0.15, 0.2) is 18.2 Å². The molecule has 1 fully saturated rings. The van der Waals surface area contributed by atoms with E-state index in [1.54, 1.807) is 12.1 Å². The van der Waals surface area contributed by atoms with Gasteiger partial charge in [-0.3, -0.25) is 4.90 Å². The summed E-state index contributed by atoms with van der Waals surface area (Å²) in [7, 11) is 0. The van der Waals surface area contributed by atoms with Crippen molar-refractivity contribution < 1.29 is 9.13 Å². The van der Waals surface area contributed by atoms with Crippen LogP contribution in [0.4, 0.5) is 4.39 Å². The van der Waals surface area contributed by atoms with Crippen molar-refractivity contribution in [2.75, 3.05) is 26.3 Å². The number of rotatable bonds is 1. The van der Waals surface area contributed by atoms with Gasteiger partial charge >= 0.3 is 0 Å². The number of hydrogen-bond acceptors (Lipinski definition) is 3. The van der Waals surface area contributed by atoms with E-state index in [4.69, 9.17) is 4.74 Å². The van der Waals surface area contributed by atoms with E-state index in [1.807, 2.05) is 0 Å². The highest BCUT2D eigenvalue weighted by molar-refractivity contribution is 5.43. The molecule has 1 heterocycles. The van der Waals surface area contributed by atoms with Crippen LogP contribution in [0.25, 0.3) is 0 Å². The minimum atomic E-state index is -0.577. The molecular weight excluding hydrogens is 231 g/mol. The summed E-state index contributed by atoms with van der Waals surface area (Å²) in [6, 6.07) is 7.26. The van der Waals surface area contributed by atoms with E-state index >= 15 is 0 Å². The monoisotopic (exact) mass is 246 g/mol. The molecule has 1 aliphatic carbocycles. The molecule has 0 amide bonds. The molecule has 1 atom stereocenters. The number of nitrogens with zero attached hydrogens (tertiary/aromatic N) is 2. The topological polar surface area (TPSA) is 36.3 Å². The number of benzene rings is 1. The smallest absolute Gasteiger partial charge is 0.135 e. The molecule has 3 nitrogen and oxygen atoms in total. The van der Waals surface area contributed by atoms with Crippen LogP contribution in [0.2, 0.25) is 0 Å².